The van der Waals surface area contributed by atoms with E-state index in [2.05, 4.69) is 20.4 Å². The molecule has 0 saturated heterocycles. The highest BCUT2D eigenvalue weighted by atomic mass is 16.5. The maximum absolute atomic E-state index is 12.6. The van der Waals surface area contributed by atoms with Gasteiger partial charge in [-0.1, -0.05) is 25.5 Å². The third-order valence-electron chi connectivity index (χ3n) is 7.95. The van der Waals surface area contributed by atoms with Crippen LogP contribution in [-0.4, -0.2) is 19.4 Å². The number of aldehydes is 1. The first-order valence-corrected chi connectivity index (χ1v) is 9.58. The molecule has 134 valence electrons. The van der Waals surface area contributed by atoms with E-state index in [1.54, 1.807) is 0 Å². The van der Waals surface area contributed by atoms with Crippen molar-refractivity contribution in [2.75, 3.05) is 7.11 Å². The number of ether oxygens (including phenoxy) is 1. The Kier molecular flexibility index (Phi) is 4.65. The third kappa shape index (κ3) is 2.46. The molecule has 0 heterocycles. The van der Waals surface area contributed by atoms with Gasteiger partial charge in [-0.25, -0.2) is 0 Å². The fourth-order valence-corrected chi connectivity index (χ4v) is 6.83. The van der Waals surface area contributed by atoms with Gasteiger partial charge in [0.2, 0.25) is 0 Å². The van der Waals surface area contributed by atoms with Crippen LogP contribution in [0.4, 0.5) is 0 Å². The Bertz CT molecular complexity index is 539. The zero-order valence-corrected chi connectivity index (χ0v) is 15.5. The number of carbonyl (C=O) groups excluding carboxylic acids is 2. The summed E-state index contributed by atoms with van der Waals surface area (Å²) in [6, 6.07) is 0. The number of esters is 1. The monoisotopic (exact) mass is 332 g/mol. The van der Waals surface area contributed by atoms with Crippen LogP contribution in [0.3, 0.4) is 0 Å². The minimum absolute atomic E-state index is 0.0264. The first-order chi connectivity index (χ1) is 11.4. The molecule has 0 bridgehead atoms. The molecule has 3 rings (SSSR count). The maximum atomic E-state index is 12.6. The Labute approximate surface area is 146 Å². The van der Waals surface area contributed by atoms with Gasteiger partial charge in [0.05, 0.1) is 12.5 Å². The maximum Gasteiger partial charge on any atom is 0.311 e. The lowest BCUT2D eigenvalue weighted by Crippen LogP contribution is -2.57. The summed E-state index contributed by atoms with van der Waals surface area (Å²) in [5.41, 5.74) is 1.12. The summed E-state index contributed by atoms with van der Waals surface area (Å²) in [6.07, 6.45) is 9.34. The molecule has 0 amide bonds. The number of allylic oxidation sites excluding steroid dienone is 1. The lowest BCUT2D eigenvalue weighted by atomic mass is 9.43. The number of hydrogen-bond acceptors (Lipinski definition) is 3. The molecule has 0 aromatic carbocycles. The van der Waals surface area contributed by atoms with E-state index < -0.39 is 0 Å². The van der Waals surface area contributed by atoms with Gasteiger partial charge in [-0.2, -0.15) is 0 Å². The summed E-state index contributed by atoms with van der Waals surface area (Å²) in [6.45, 7) is 8.82. The molecule has 3 aliphatic rings. The molecule has 6 atom stereocenters. The molecular formula is C21H32O3. The van der Waals surface area contributed by atoms with Crippen LogP contribution < -0.4 is 0 Å². The number of fused-ring (bicyclic) bond motifs is 3. The molecule has 0 spiro atoms. The lowest BCUT2D eigenvalue weighted by Gasteiger charge is -2.61. The lowest BCUT2D eigenvalue weighted by molar-refractivity contribution is -0.176. The number of carbonyl (C=O) groups is 2. The molecule has 0 aromatic heterocycles. The van der Waals surface area contributed by atoms with E-state index in [4.69, 9.17) is 4.74 Å². The Balaban J connectivity index is 1.94. The summed E-state index contributed by atoms with van der Waals surface area (Å²) in [5.74, 6) is 1.90. The van der Waals surface area contributed by atoms with E-state index >= 15 is 0 Å². The smallest absolute Gasteiger partial charge is 0.311 e. The van der Waals surface area contributed by atoms with Crippen molar-refractivity contribution >= 4 is 12.3 Å². The number of hydrogen-bond donors (Lipinski definition) is 0. The fourth-order valence-electron chi connectivity index (χ4n) is 6.83. The Morgan fingerprint density at radius 2 is 2.04 bits per heavy atom. The highest BCUT2D eigenvalue weighted by Crippen LogP contribution is 2.65. The highest BCUT2D eigenvalue weighted by Gasteiger charge is 2.60. The van der Waals surface area contributed by atoms with Crippen LogP contribution in [0.2, 0.25) is 0 Å². The number of rotatable bonds is 3. The van der Waals surface area contributed by atoms with Crippen LogP contribution in [0.1, 0.15) is 65.2 Å². The average molecular weight is 332 g/mol. The second kappa shape index (κ2) is 6.31. The zero-order chi connectivity index (χ0) is 17.5. The van der Waals surface area contributed by atoms with Crippen LogP contribution in [0.5, 0.6) is 0 Å². The minimum atomic E-state index is -0.346. The van der Waals surface area contributed by atoms with Gasteiger partial charge in [0.1, 0.15) is 6.29 Å². The predicted molar refractivity (Wildman–Crippen MR) is 94.3 cm³/mol. The van der Waals surface area contributed by atoms with Crippen molar-refractivity contribution in [2.24, 2.45) is 34.5 Å². The molecule has 0 aliphatic heterocycles. The Morgan fingerprint density at radius 1 is 1.29 bits per heavy atom. The van der Waals surface area contributed by atoms with Crippen LogP contribution in [-0.2, 0) is 14.3 Å². The SMILES string of the molecule is C=C1CC[C@H]2[C@@H](CC[C@@H]3[C@]2(C)CCC[C@@]3(C)C(=O)OC)[C@H]1CC=O. The summed E-state index contributed by atoms with van der Waals surface area (Å²) in [7, 11) is 1.52. The van der Waals surface area contributed by atoms with Crippen molar-refractivity contribution in [3.63, 3.8) is 0 Å². The predicted octanol–water partition coefficient (Wildman–Crippen LogP) is 4.55. The molecule has 3 fully saturated rings. The van der Waals surface area contributed by atoms with Gasteiger partial charge in [0.15, 0.2) is 0 Å². The molecule has 24 heavy (non-hydrogen) atoms. The van der Waals surface area contributed by atoms with Crippen molar-refractivity contribution in [3.05, 3.63) is 12.2 Å². The quantitative estimate of drug-likeness (QED) is 0.432. The topological polar surface area (TPSA) is 43.4 Å². The fraction of sp³-hybridized carbons (Fsp3) is 0.810. The van der Waals surface area contributed by atoms with E-state index in [1.807, 2.05) is 0 Å². The molecule has 0 radical (unpaired) electrons. The van der Waals surface area contributed by atoms with Gasteiger partial charge < -0.3 is 9.53 Å². The van der Waals surface area contributed by atoms with E-state index in [0.717, 1.165) is 38.4 Å². The van der Waals surface area contributed by atoms with E-state index in [-0.39, 0.29) is 16.8 Å². The normalized spacial score (nSPS) is 45.0. The highest BCUT2D eigenvalue weighted by molar-refractivity contribution is 5.77. The van der Waals surface area contributed by atoms with Crippen LogP contribution in [0, 0.1) is 34.5 Å². The van der Waals surface area contributed by atoms with Crippen molar-refractivity contribution in [1.82, 2.24) is 0 Å². The standard InChI is InChI=1S/C21H32O3/c1-14-6-8-17-16(15(14)10-13-22)7-9-18-20(17,2)11-5-12-21(18,3)19(23)24-4/h13,15-18H,1,5-12H2,2-4H3/t15-,16-,17-,18+,20+,21+/m0/s1. The van der Waals surface area contributed by atoms with E-state index in [9.17, 15) is 9.59 Å². The van der Waals surface area contributed by atoms with Crippen LogP contribution in [0.15, 0.2) is 12.2 Å². The minimum Gasteiger partial charge on any atom is -0.469 e. The molecule has 0 aromatic rings. The average Bonchev–Trinajstić information content (AvgIpc) is 2.56. The largest absolute Gasteiger partial charge is 0.469 e. The molecule has 3 heteroatoms. The van der Waals surface area contributed by atoms with Gasteiger partial charge in [0, 0.05) is 6.42 Å². The molecule has 3 saturated carbocycles. The Morgan fingerprint density at radius 3 is 2.71 bits per heavy atom. The van der Waals surface area contributed by atoms with E-state index in [0.29, 0.717) is 30.1 Å². The molecule has 0 N–H and O–H groups in total. The van der Waals surface area contributed by atoms with Crippen molar-refractivity contribution in [2.45, 2.75) is 65.2 Å². The van der Waals surface area contributed by atoms with Gasteiger partial charge in [-0.15, -0.1) is 0 Å². The second-order valence-electron chi connectivity index (χ2n) is 8.87. The summed E-state index contributed by atoms with van der Waals surface area (Å²) >= 11 is 0. The van der Waals surface area contributed by atoms with Gasteiger partial charge in [-0.05, 0) is 74.5 Å². The first-order valence-electron chi connectivity index (χ1n) is 9.58. The summed E-state index contributed by atoms with van der Waals surface area (Å²) in [5, 5.41) is 0. The molecule has 3 aliphatic carbocycles. The van der Waals surface area contributed by atoms with Gasteiger partial charge in [-0.3, -0.25) is 4.79 Å². The van der Waals surface area contributed by atoms with Crippen molar-refractivity contribution in [1.29, 1.82) is 0 Å². The van der Waals surface area contributed by atoms with Crippen LogP contribution >= 0.6 is 0 Å². The van der Waals surface area contributed by atoms with E-state index in [1.165, 1.54) is 25.5 Å². The Hall–Kier alpha value is -1.12. The molecule has 3 nitrogen and oxygen atoms in total. The van der Waals surface area contributed by atoms with Crippen molar-refractivity contribution < 1.29 is 14.3 Å². The second-order valence-corrected chi connectivity index (χ2v) is 8.87. The first kappa shape index (κ1) is 17.7. The number of methoxy groups -OCH3 is 1. The molecule has 0 unspecified atom stereocenters. The van der Waals surface area contributed by atoms with Crippen LogP contribution in [0.25, 0.3) is 0 Å². The zero-order valence-electron chi connectivity index (χ0n) is 15.5. The summed E-state index contributed by atoms with van der Waals surface area (Å²) in [4.78, 5) is 23.8. The molecular weight excluding hydrogens is 300 g/mol. The van der Waals surface area contributed by atoms with Crippen molar-refractivity contribution in [3.8, 4) is 0 Å². The third-order valence-corrected chi connectivity index (χ3v) is 7.95. The van der Waals surface area contributed by atoms with Gasteiger partial charge in [0.25, 0.3) is 0 Å². The van der Waals surface area contributed by atoms with Gasteiger partial charge >= 0.3 is 5.97 Å². The summed E-state index contributed by atoms with van der Waals surface area (Å²) < 4.78 is 5.20.